The average Bonchev–Trinajstić information content (AvgIpc) is 2.53. The van der Waals surface area contributed by atoms with Crippen LogP contribution in [0.1, 0.15) is 97.3 Å². The second-order valence-electron chi connectivity index (χ2n) is 7.79. The van der Waals surface area contributed by atoms with E-state index in [0.29, 0.717) is 6.10 Å². The predicted octanol–water partition coefficient (Wildman–Crippen LogP) is 6.36. The molecule has 1 nitrogen and oxygen atoms in total. The van der Waals surface area contributed by atoms with E-state index in [1.165, 1.54) is 83.5 Å². The van der Waals surface area contributed by atoms with Crippen molar-refractivity contribution in [1.29, 1.82) is 0 Å². The van der Waals surface area contributed by atoms with Gasteiger partial charge in [-0.1, -0.05) is 58.8 Å². The Balaban J connectivity index is 1.54. The molecular formula is C20H38O. The highest BCUT2D eigenvalue weighted by Crippen LogP contribution is 2.33. The first-order valence-corrected chi connectivity index (χ1v) is 9.93. The third-order valence-corrected chi connectivity index (χ3v) is 5.99. The fourth-order valence-corrected chi connectivity index (χ4v) is 4.45. The van der Waals surface area contributed by atoms with Gasteiger partial charge in [-0.2, -0.15) is 0 Å². The van der Waals surface area contributed by atoms with E-state index in [2.05, 4.69) is 13.8 Å². The van der Waals surface area contributed by atoms with E-state index < -0.39 is 0 Å². The molecule has 0 atom stereocenters. The van der Waals surface area contributed by atoms with Gasteiger partial charge in [0.05, 0.1) is 6.10 Å². The first-order chi connectivity index (χ1) is 10.3. The molecular weight excluding hydrogens is 256 g/mol. The zero-order chi connectivity index (χ0) is 14.9. The maximum Gasteiger partial charge on any atom is 0.0575 e. The summed E-state index contributed by atoms with van der Waals surface area (Å²) < 4.78 is 6.27. The zero-order valence-corrected chi connectivity index (χ0v) is 14.6. The van der Waals surface area contributed by atoms with Crippen molar-refractivity contribution in [1.82, 2.24) is 0 Å². The molecule has 0 N–H and O–H groups in total. The molecule has 124 valence electrons. The minimum atomic E-state index is 0.594. The molecule has 2 fully saturated rings. The molecule has 2 rings (SSSR count). The fraction of sp³-hybridized carbons (Fsp3) is 1.00. The Morgan fingerprint density at radius 1 is 0.667 bits per heavy atom. The van der Waals surface area contributed by atoms with Gasteiger partial charge in [-0.15, -0.1) is 0 Å². The zero-order valence-electron chi connectivity index (χ0n) is 14.6. The van der Waals surface area contributed by atoms with Gasteiger partial charge in [0.25, 0.3) is 0 Å². The molecule has 0 radical (unpaired) electrons. The topological polar surface area (TPSA) is 9.23 Å². The van der Waals surface area contributed by atoms with Crippen LogP contribution in [0.3, 0.4) is 0 Å². The highest BCUT2D eigenvalue weighted by atomic mass is 16.5. The van der Waals surface area contributed by atoms with Crippen molar-refractivity contribution in [2.75, 3.05) is 6.61 Å². The van der Waals surface area contributed by atoms with Crippen molar-refractivity contribution in [2.45, 2.75) is 103 Å². The van der Waals surface area contributed by atoms with E-state index in [1.54, 1.807) is 0 Å². The van der Waals surface area contributed by atoms with Crippen LogP contribution in [-0.2, 0) is 4.74 Å². The Labute approximate surface area is 133 Å². The number of ether oxygens (including phenoxy) is 1. The smallest absolute Gasteiger partial charge is 0.0575 e. The Kier molecular flexibility index (Phi) is 8.14. The molecule has 2 saturated carbocycles. The van der Waals surface area contributed by atoms with Crippen molar-refractivity contribution < 1.29 is 4.74 Å². The Morgan fingerprint density at radius 3 is 1.86 bits per heavy atom. The van der Waals surface area contributed by atoms with Gasteiger partial charge in [0.1, 0.15) is 0 Å². The van der Waals surface area contributed by atoms with Crippen molar-refractivity contribution in [3.63, 3.8) is 0 Å². The summed E-state index contributed by atoms with van der Waals surface area (Å²) in [5, 5.41) is 0. The summed E-state index contributed by atoms with van der Waals surface area (Å²) in [4.78, 5) is 0. The van der Waals surface area contributed by atoms with E-state index in [0.717, 1.165) is 24.4 Å². The average molecular weight is 295 g/mol. The fourth-order valence-electron chi connectivity index (χ4n) is 4.45. The van der Waals surface area contributed by atoms with Crippen LogP contribution in [0.15, 0.2) is 0 Å². The first kappa shape index (κ1) is 17.3. The summed E-state index contributed by atoms with van der Waals surface area (Å²) in [6.07, 6.45) is 19.0. The van der Waals surface area contributed by atoms with Crippen LogP contribution in [0, 0.1) is 17.8 Å². The first-order valence-electron chi connectivity index (χ1n) is 9.93. The van der Waals surface area contributed by atoms with Crippen LogP contribution in [0.5, 0.6) is 0 Å². The normalized spacial score (nSPS) is 34.0. The lowest BCUT2D eigenvalue weighted by molar-refractivity contribution is -0.0104. The third-order valence-electron chi connectivity index (χ3n) is 5.99. The molecule has 1 heteroatoms. The Hall–Kier alpha value is -0.0400. The molecule has 0 heterocycles. The van der Waals surface area contributed by atoms with Gasteiger partial charge in [0, 0.05) is 6.61 Å². The molecule has 0 saturated heterocycles. The molecule has 0 unspecified atom stereocenters. The number of hydrogen-bond donors (Lipinski definition) is 0. The second kappa shape index (κ2) is 9.87. The largest absolute Gasteiger partial charge is 0.378 e. The summed E-state index contributed by atoms with van der Waals surface area (Å²) in [6.45, 7) is 5.69. The minimum Gasteiger partial charge on any atom is -0.378 e. The number of hydrogen-bond acceptors (Lipinski definition) is 1. The quantitative estimate of drug-likeness (QED) is 0.506. The monoisotopic (exact) mass is 294 g/mol. The van der Waals surface area contributed by atoms with Crippen molar-refractivity contribution in [2.24, 2.45) is 17.8 Å². The van der Waals surface area contributed by atoms with Gasteiger partial charge >= 0.3 is 0 Å². The predicted molar refractivity (Wildman–Crippen MR) is 91.6 cm³/mol. The molecule has 0 spiro atoms. The van der Waals surface area contributed by atoms with E-state index in [-0.39, 0.29) is 0 Å². The summed E-state index contributed by atoms with van der Waals surface area (Å²) in [5.74, 6) is 2.91. The van der Waals surface area contributed by atoms with E-state index in [1.807, 2.05) is 0 Å². The summed E-state index contributed by atoms with van der Waals surface area (Å²) in [7, 11) is 0. The summed E-state index contributed by atoms with van der Waals surface area (Å²) in [5.41, 5.74) is 0. The molecule has 2 aliphatic rings. The highest BCUT2D eigenvalue weighted by Gasteiger charge is 2.24. The Morgan fingerprint density at radius 2 is 1.24 bits per heavy atom. The third kappa shape index (κ3) is 6.30. The molecule has 0 aliphatic heterocycles. The van der Waals surface area contributed by atoms with Crippen LogP contribution in [0.2, 0.25) is 0 Å². The van der Waals surface area contributed by atoms with E-state index in [9.17, 15) is 0 Å². The lowest BCUT2D eigenvalue weighted by atomic mass is 9.80. The maximum absolute atomic E-state index is 6.27. The Bertz CT molecular complexity index is 247. The van der Waals surface area contributed by atoms with Crippen LogP contribution >= 0.6 is 0 Å². The van der Waals surface area contributed by atoms with Crippen molar-refractivity contribution in [3.8, 4) is 0 Å². The van der Waals surface area contributed by atoms with Gasteiger partial charge in [-0.3, -0.25) is 0 Å². The molecule has 0 amide bonds. The van der Waals surface area contributed by atoms with Gasteiger partial charge < -0.3 is 4.74 Å². The molecule has 2 aliphatic carbocycles. The lowest BCUT2D eigenvalue weighted by Gasteiger charge is -2.32. The highest BCUT2D eigenvalue weighted by molar-refractivity contribution is 4.75. The lowest BCUT2D eigenvalue weighted by Crippen LogP contribution is -2.26. The molecule has 0 aromatic heterocycles. The van der Waals surface area contributed by atoms with Gasteiger partial charge in [-0.05, 0) is 56.3 Å². The molecule has 0 bridgehead atoms. The maximum atomic E-state index is 6.27. The second-order valence-corrected chi connectivity index (χ2v) is 7.79. The van der Waals surface area contributed by atoms with Crippen LogP contribution in [0.25, 0.3) is 0 Å². The van der Waals surface area contributed by atoms with Gasteiger partial charge in [-0.25, -0.2) is 0 Å². The van der Waals surface area contributed by atoms with Gasteiger partial charge in [0.15, 0.2) is 0 Å². The number of unbranched alkanes of at least 4 members (excludes halogenated alkanes) is 1. The van der Waals surface area contributed by atoms with Crippen LogP contribution < -0.4 is 0 Å². The minimum absolute atomic E-state index is 0.594. The van der Waals surface area contributed by atoms with E-state index >= 15 is 0 Å². The number of rotatable bonds is 8. The molecule has 0 aromatic carbocycles. The van der Waals surface area contributed by atoms with Gasteiger partial charge in [0.2, 0.25) is 0 Å². The van der Waals surface area contributed by atoms with Crippen LogP contribution in [0.4, 0.5) is 0 Å². The van der Waals surface area contributed by atoms with E-state index in [4.69, 9.17) is 4.74 Å². The molecule has 0 aromatic rings. The summed E-state index contributed by atoms with van der Waals surface area (Å²) in [6, 6.07) is 0. The van der Waals surface area contributed by atoms with Crippen molar-refractivity contribution >= 4 is 0 Å². The molecule has 21 heavy (non-hydrogen) atoms. The standard InChI is InChI=1S/C20H38O/c1-3-5-7-18-12-14-20(15-13-18)21-16-19-10-8-17(6-4-2)9-11-19/h17-20H,3-16H2,1-2H3. The van der Waals surface area contributed by atoms with Crippen LogP contribution in [-0.4, -0.2) is 12.7 Å². The SMILES string of the molecule is CCCCC1CCC(OCC2CCC(CCC)CC2)CC1. The van der Waals surface area contributed by atoms with Crippen molar-refractivity contribution in [3.05, 3.63) is 0 Å². The summed E-state index contributed by atoms with van der Waals surface area (Å²) >= 11 is 0.